The van der Waals surface area contributed by atoms with Crippen LogP contribution in [0.4, 0.5) is 0 Å². The molecule has 1 aromatic heterocycles. The minimum absolute atomic E-state index is 0.0712. The van der Waals surface area contributed by atoms with Crippen molar-refractivity contribution >= 4 is 17.8 Å². The Labute approximate surface area is 154 Å². The van der Waals surface area contributed by atoms with Gasteiger partial charge in [-0.1, -0.05) is 18.2 Å². The molecule has 0 spiro atoms. The van der Waals surface area contributed by atoms with Crippen molar-refractivity contribution in [1.82, 2.24) is 20.4 Å². The third-order valence-electron chi connectivity index (χ3n) is 3.39. The van der Waals surface area contributed by atoms with E-state index in [1.807, 2.05) is 0 Å². The number of rotatable bonds is 8. The van der Waals surface area contributed by atoms with E-state index in [0.717, 1.165) is 4.68 Å². The number of carbonyl (C=O) groups excluding carboxylic acids is 3. The van der Waals surface area contributed by atoms with E-state index in [1.165, 1.54) is 6.92 Å². The number of benzene rings is 1. The predicted octanol–water partition coefficient (Wildman–Crippen LogP) is -0.313. The molecule has 0 radical (unpaired) electrons. The van der Waals surface area contributed by atoms with Gasteiger partial charge in [-0.05, 0) is 26.0 Å². The van der Waals surface area contributed by atoms with Gasteiger partial charge in [0.1, 0.15) is 12.6 Å². The first-order valence-electron chi connectivity index (χ1n) is 8.26. The number of hydrogen-bond donors (Lipinski definition) is 2. The Morgan fingerprint density at radius 2 is 1.96 bits per heavy atom. The summed E-state index contributed by atoms with van der Waals surface area (Å²) in [5, 5.41) is 8.86. The molecule has 2 amide bonds. The van der Waals surface area contributed by atoms with E-state index < -0.39 is 36.8 Å². The lowest BCUT2D eigenvalue weighted by molar-refractivity contribution is -0.149. The van der Waals surface area contributed by atoms with Crippen molar-refractivity contribution in [3.05, 3.63) is 40.9 Å². The molecule has 1 atom stereocenters. The van der Waals surface area contributed by atoms with Crippen molar-refractivity contribution in [2.45, 2.75) is 26.4 Å². The Bertz CT molecular complexity index is 858. The maximum absolute atomic E-state index is 11.8. The smallest absolute Gasteiger partial charge is 0.437 e. The number of nitrogens with one attached hydrogen (secondary N) is 2. The first kappa shape index (κ1) is 19.9. The number of amides is 2. The Kier molecular flexibility index (Phi) is 6.86. The van der Waals surface area contributed by atoms with Gasteiger partial charge < -0.3 is 19.8 Å². The molecular formula is C17H20N4O6. The van der Waals surface area contributed by atoms with Crippen molar-refractivity contribution < 1.29 is 23.5 Å². The summed E-state index contributed by atoms with van der Waals surface area (Å²) < 4.78 is 10.6. The number of nitrogens with zero attached hydrogens (tertiary/aromatic N) is 2. The fourth-order valence-corrected chi connectivity index (χ4v) is 2.09. The maximum Gasteiger partial charge on any atom is 0.437 e. The van der Waals surface area contributed by atoms with Crippen molar-refractivity contribution in [3.63, 3.8) is 0 Å². The standard InChI is InChI=1S/C17H20N4O6/c1-3-18-15(24)11(2)19-13(22)10-26-14(23)9-21-17(25)27-16(20-21)12-7-5-4-6-8-12/h4-8,11H,3,9-10H2,1-2H3,(H,18,24)(H,19,22)/t11-/m1/s1. The lowest BCUT2D eigenvalue weighted by Crippen LogP contribution is -2.46. The van der Waals surface area contributed by atoms with Gasteiger partial charge in [0, 0.05) is 12.1 Å². The Morgan fingerprint density at radius 1 is 1.26 bits per heavy atom. The van der Waals surface area contributed by atoms with Crippen molar-refractivity contribution in [3.8, 4) is 11.5 Å². The van der Waals surface area contributed by atoms with Gasteiger partial charge in [0.2, 0.25) is 11.8 Å². The molecule has 1 aromatic carbocycles. The lowest BCUT2D eigenvalue weighted by Gasteiger charge is -2.13. The fraction of sp³-hybridized carbons (Fsp3) is 0.353. The van der Waals surface area contributed by atoms with Crippen LogP contribution in [0, 0.1) is 0 Å². The fourth-order valence-electron chi connectivity index (χ4n) is 2.09. The minimum atomic E-state index is -0.842. The molecule has 0 aliphatic rings. The van der Waals surface area contributed by atoms with E-state index in [2.05, 4.69) is 15.7 Å². The molecule has 27 heavy (non-hydrogen) atoms. The van der Waals surface area contributed by atoms with E-state index in [4.69, 9.17) is 9.15 Å². The second kappa shape index (κ2) is 9.32. The predicted molar refractivity (Wildman–Crippen MR) is 93.4 cm³/mol. The number of likely N-dealkylation sites (N-methyl/N-ethyl adjacent to an activating group) is 1. The molecule has 2 N–H and O–H groups in total. The van der Waals surface area contributed by atoms with Crippen LogP contribution in [0.1, 0.15) is 13.8 Å². The summed E-state index contributed by atoms with van der Waals surface area (Å²) in [6.45, 7) is 2.61. The van der Waals surface area contributed by atoms with Crippen molar-refractivity contribution in [2.75, 3.05) is 13.2 Å². The van der Waals surface area contributed by atoms with Gasteiger partial charge in [-0.25, -0.2) is 4.79 Å². The van der Waals surface area contributed by atoms with Gasteiger partial charge >= 0.3 is 11.7 Å². The van der Waals surface area contributed by atoms with E-state index in [1.54, 1.807) is 37.3 Å². The molecule has 0 bridgehead atoms. The van der Waals surface area contributed by atoms with Crippen LogP contribution in [0.15, 0.2) is 39.5 Å². The van der Waals surface area contributed by atoms with Gasteiger partial charge in [0.05, 0.1) is 0 Å². The average Bonchev–Trinajstić information content (AvgIpc) is 3.01. The van der Waals surface area contributed by atoms with E-state index in [0.29, 0.717) is 12.1 Å². The molecule has 0 aliphatic carbocycles. The van der Waals surface area contributed by atoms with E-state index in [-0.39, 0.29) is 11.8 Å². The zero-order valence-electron chi connectivity index (χ0n) is 14.9. The highest BCUT2D eigenvalue weighted by Gasteiger charge is 2.17. The highest BCUT2D eigenvalue weighted by Crippen LogP contribution is 2.13. The maximum atomic E-state index is 11.8. The monoisotopic (exact) mass is 376 g/mol. The Hall–Kier alpha value is -3.43. The number of ether oxygens (including phenoxy) is 1. The zero-order valence-corrected chi connectivity index (χ0v) is 14.9. The molecule has 0 saturated heterocycles. The second-order valence-electron chi connectivity index (χ2n) is 5.54. The number of carbonyl (C=O) groups is 3. The molecule has 0 unspecified atom stereocenters. The highest BCUT2D eigenvalue weighted by atomic mass is 16.5. The molecule has 10 nitrogen and oxygen atoms in total. The Morgan fingerprint density at radius 3 is 2.63 bits per heavy atom. The van der Waals surface area contributed by atoms with Crippen LogP contribution >= 0.6 is 0 Å². The van der Waals surface area contributed by atoms with E-state index in [9.17, 15) is 19.2 Å². The molecule has 0 aliphatic heterocycles. The van der Waals surface area contributed by atoms with Gasteiger partial charge in [-0.15, -0.1) is 5.10 Å². The van der Waals surface area contributed by atoms with Crippen LogP contribution in [0.2, 0.25) is 0 Å². The van der Waals surface area contributed by atoms with Crippen LogP contribution in [0.25, 0.3) is 11.5 Å². The van der Waals surface area contributed by atoms with Crippen LogP contribution in [-0.4, -0.2) is 46.8 Å². The number of aromatic nitrogens is 2. The summed E-state index contributed by atoms with van der Waals surface area (Å²) >= 11 is 0. The molecule has 0 saturated carbocycles. The number of esters is 1. The zero-order chi connectivity index (χ0) is 19.8. The second-order valence-corrected chi connectivity index (χ2v) is 5.54. The van der Waals surface area contributed by atoms with Gasteiger partial charge in [0.25, 0.3) is 5.91 Å². The summed E-state index contributed by atoms with van der Waals surface area (Å²) in [4.78, 5) is 46.8. The number of hydrogen-bond acceptors (Lipinski definition) is 7. The van der Waals surface area contributed by atoms with Gasteiger partial charge in [-0.2, -0.15) is 4.68 Å². The molecular weight excluding hydrogens is 356 g/mol. The minimum Gasteiger partial charge on any atom is -0.454 e. The largest absolute Gasteiger partial charge is 0.454 e. The third-order valence-corrected chi connectivity index (χ3v) is 3.39. The van der Waals surface area contributed by atoms with Crippen molar-refractivity contribution in [2.24, 2.45) is 0 Å². The average molecular weight is 376 g/mol. The Balaban J connectivity index is 1.86. The van der Waals surface area contributed by atoms with E-state index >= 15 is 0 Å². The van der Waals surface area contributed by atoms with Gasteiger partial charge in [-0.3, -0.25) is 14.4 Å². The molecule has 1 heterocycles. The first-order chi connectivity index (χ1) is 12.9. The summed E-state index contributed by atoms with van der Waals surface area (Å²) in [6, 6.07) is 7.95. The first-order valence-corrected chi connectivity index (χ1v) is 8.26. The summed E-state index contributed by atoms with van der Waals surface area (Å²) in [5.41, 5.74) is 0.584. The van der Waals surface area contributed by atoms with Crippen LogP contribution in [0.3, 0.4) is 0 Å². The molecule has 2 rings (SSSR count). The summed E-state index contributed by atoms with van der Waals surface area (Å²) in [5.74, 6) is -2.58. The summed E-state index contributed by atoms with van der Waals surface area (Å²) in [6.07, 6.45) is 0. The SMILES string of the molecule is CCNC(=O)[C@@H](C)NC(=O)COC(=O)Cn1nc(-c2ccccc2)oc1=O. The highest BCUT2D eigenvalue weighted by molar-refractivity contribution is 5.88. The van der Waals surface area contributed by atoms with Crippen LogP contribution in [-0.2, 0) is 25.7 Å². The van der Waals surface area contributed by atoms with Crippen molar-refractivity contribution in [1.29, 1.82) is 0 Å². The molecule has 10 heteroatoms. The molecule has 0 fully saturated rings. The quantitative estimate of drug-likeness (QED) is 0.604. The lowest BCUT2D eigenvalue weighted by atomic mass is 10.2. The third kappa shape index (κ3) is 5.80. The normalized spacial score (nSPS) is 11.5. The molecule has 2 aromatic rings. The van der Waals surface area contributed by atoms with Crippen LogP contribution in [0.5, 0.6) is 0 Å². The van der Waals surface area contributed by atoms with Crippen LogP contribution < -0.4 is 16.4 Å². The van der Waals surface area contributed by atoms with Gasteiger partial charge in [0.15, 0.2) is 6.61 Å². The molecule has 144 valence electrons. The topological polar surface area (TPSA) is 133 Å². The summed E-state index contributed by atoms with van der Waals surface area (Å²) in [7, 11) is 0.